The van der Waals surface area contributed by atoms with Crippen LogP contribution in [0.1, 0.15) is 55.2 Å². The molecule has 0 saturated heterocycles. The quantitative estimate of drug-likeness (QED) is 0.476. The van der Waals surface area contributed by atoms with Gasteiger partial charge in [0.25, 0.3) is 5.91 Å². The number of amides is 1. The lowest BCUT2D eigenvalue weighted by molar-refractivity contribution is 0.0949. The van der Waals surface area contributed by atoms with E-state index in [-0.39, 0.29) is 23.3 Å². The molecule has 0 spiro atoms. The fraction of sp³-hybridized carbons (Fsp3) is 0.333. The Morgan fingerprint density at radius 3 is 2.36 bits per heavy atom. The zero-order chi connectivity index (χ0) is 24.2. The maximum absolute atomic E-state index is 13.0. The van der Waals surface area contributed by atoms with Crippen molar-refractivity contribution in [2.45, 2.75) is 45.1 Å². The van der Waals surface area contributed by atoms with E-state index >= 15 is 0 Å². The number of hydrogen-bond acceptors (Lipinski definition) is 4. The number of halogens is 1. The van der Waals surface area contributed by atoms with Crippen LogP contribution >= 0.6 is 11.6 Å². The maximum Gasteiger partial charge on any atom is 0.255 e. The second kappa shape index (κ2) is 10.5. The van der Waals surface area contributed by atoms with E-state index < -0.39 is 10.0 Å². The molecule has 9 heteroatoms. The molecular formula is C24H29ClN4O3S. The smallest absolute Gasteiger partial charge is 0.255 e. The van der Waals surface area contributed by atoms with Crippen molar-refractivity contribution in [1.82, 2.24) is 19.4 Å². The van der Waals surface area contributed by atoms with Crippen LogP contribution < -0.4 is 5.32 Å². The molecule has 7 nitrogen and oxygen atoms in total. The van der Waals surface area contributed by atoms with Crippen LogP contribution in [0.5, 0.6) is 0 Å². The Morgan fingerprint density at radius 1 is 1.12 bits per heavy atom. The van der Waals surface area contributed by atoms with Gasteiger partial charge in [-0.25, -0.2) is 13.1 Å². The first-order valence-electron chi connectivity index (χ1n) is 10.9. The third-order valence-corrected chi connectivity index (χ3v) is 7.67. The Bertz CT molecular complexity index is 1220. The highest BCUT2D eigenvalue weighted by Gasteiger charge is 2.22. The van der Waals surface area contributed by atoms with Crippen molar-refractivity contribution in [1.29, 1.82) is 0 Å². The van der Waals surface area contributed by atoms with Crippen LogP contribution in [0.3, 0.4) is 0 Å². The molecule has 33 heavy (non-hydrogen) atoms. The van der Waals surface area contributed by atoms with Crippen molar-refractivity contribution in [3.8, 4) is 5.69 Å². The molecule has 1 amide bonds. The average Bonchev–Trinajstić information content (AvgIpc) is 3.24. The van der Waals surface area contributed by atoms with Gasteiger partial charge in [-0.3, -0.25) is 4.79 Å². The van der Waals surface area contributed by atoms with Gasteiger partial charge in [0.15, 0.2) is 0 Å². The van der Waals surface area contributed by atoms with Crippen molar-refractivity contribution in [3.63, 3.8) is 0 Å². The van der Waals surface area contributed by atoms with E-state index in [0.29, 0.717) is 23.7 Å². The number of nitrogens with zero attached hydrogens (tertiary/aromatic N) is 3. The van der Waals surface area contributed by atoms with Crippen LogP contribution in [0.2, 0.25) is 5.02 Å². The molecule has 2 aromatic carbocycles. The first-order chi connectivity index (χ1) is 15.7. The summed E-state index contributed by atoms with van der Waals surface area (Å²) >= 11 is 6.13. The molecule has 0 unspecified atom stereocenters. The van der Waals surface area contributed by atoms with E-state index in [1.54, 1.807) is 47.3 Å². The largest absolute Gasteiger partial charge is 0.348 e. The Morgan fingerprint density at radius 2 is 1.79 bits per heavy atom. The number of carbonyl (C=O) groups is 1. The molecule has 0 fully saturated rings. The molecule has 0 aliphatic carbocycles. The number of sulfonamides is 1. The van der Waals surface area contributed by atoms with E-state index in [1.165, 1.54) is 4.31 Å². The van der Waals surface area contributed by atoms with Crippen LogP contribution in [0.4, 0.5) is 0 Å². The number of hydrogen-bond donors (Lipinski definition) is 1. The van der Waals surface area contributed by atoms with Crippen molar-refractivity contribution in [2.75, 3.05) is 13.1 Å². The normalized spacial score (nSPS) is 11.8. The number of benzene rings is 2. The Hall–Kier alpha value is -2.68. The fourth-order valence-electron chi connectivity index (χ4n) is 3.67. The van der Waals surface area contributed by atoms with E-state index in [2.05, 4.69) is 10.4 Å². The van der Waals surface area contributed by atoms with Gasteiger partial charge in [-0.1, -0.05) is 57.5 Å². The second-order valence-corrected chi connectivity index (χ2v) is 10.3. The lowest BCUT2D eigenvalue weighted by Gasteiger charge is -2.18. The van der Waals surface area contributed by atoms with Crippen molar-refractivity contribution in [3.05, 3.63) is 76.6 Å². The average molecular weight is 489 g/mol. The summed E-state index contributed by atoms with van der Waals surface area (Å²) in [7, 11) is -3.51. The van der Waals surface area contributed by atoms with Gasteiger partial charge in [-0.2, -0.15) is 9.40 Å². The lowest BCUT2D eigenvalue weighted by atomic mass is 10.0. The zero-order valence-corrected chi connectivity index (χ0v) is 20.8. The van der Waals surface area contributed by atoms with Gasteiger partial charge < -0.3 is 5.32 Å². The number of carbonyl (C=O) groups excluding carboxylic acids is 1. The SMILES string of the molecule is CCN(CC)S(=O)(=O)c1ccc(CNC(=O)c2cnn(-c3cccc(Cl)c3)c2C(C)C)cc1. The summed E-state index contributed by atoms with van der Waals surface area (Å²) in [6, 6.07) is 13.9. The third kappa shape index (κ3) is 5.46. The molecule has 1 N–H and O–H groups in total. The van der Waals surface area contributed by atoms with Crippen molar-refractivity contribution >= 4 is 27.5 Å². The predicted octanol–water partition coefficient (Wildman–Crippen LogP) is 4.61. The summed E-state index contributed by atoms with van der Waals surface area (Å²) in [6.45, 7) is 8.73. The maximum atomic E-state index is 13.0. The first-order valence-corrected chi connectivity index (χ1v) is 12.7. The third-order valence-electron chi connectivity index (χ3n) is 5.37. The van der Waals surface area contributed by atoms with Gasteiger partial charge in [0, 0.05) is 24.7 Å². The van der Waals surface area contributed by atoms with Crippen LogP contribution in [0, 0.1) is 0 Å². The molecule has 0 saturated carbocycles. The molecule has 0 bridgehead atoms. The van der Waals surface area contributed by atoms with Crippen LogP contribution in [-0.2, 0) is 16.6 Å². The number of rotatable bonds is 9. The highest BCUT2D eigenvalue weighted by molar-refractivity contribution is 7.89. The summed E-state index contributed by atoms with van der Waals surface area (Å²) in [5.74, 6) is -0.191. The fourth-order valence-corrected chi connectivity index (χ4v) is 5.31. The van der Waals surface area contributed by atoms with Gasteiger partial charge in [0.1, 0.15) is 0 Å². The summed E-state index contributed by atoms with van der Waals surface area (Å²) in [5.41, 5.74) is 2.87. The highest BCUT2D eigenvalue weighted by atomic mass is 35.5. The van der Waals surface area contributed by atoms with E-state index in [9.17, 15) is 13.2 Å². The van der Waals surface area contributed by atoms with Crippen molar-refractivity contribution in [2.24, 2.45) is 0 Å². The van der Waals surface area contributed by atoms with E-state index in [1.807, 2.05) is 39.8 Å². The lowest BCUT2D eigenvalue weighted by Crippen LogP contribution is -2.30. The Balaban J connectivity index is 1.76. The van der Waals surface area contributed by atoms with Crippen LogP contribution in [0.25, 0.3) is 5.69 Å². The summed E-state index contributed by atoms with van der Waals surface area (Å²) in [5, 5.41) is 7.93. The van der Waals surface area contributed by atoms with Gasteiger partial charge in [0.05, 0.1) is 28.0 Å². The van der Waals surface area contributed by atoms with Gasteiger partial charge in [-0.05, 0) is 41.8 Å². The summed E-state index contributed by atoms with van der Waals surface area (Å²) in [4.78, 5) is 13.2. The number of nitrogens with one attached hydrogen (secondary N) is 1. The van der Waals surface area contributed by atoms with Crippen LogP contribution in [0.15, 0.2) is 59.6 Å². The van der Waals surface area contributed by atoms with E-state index in [0.717, 1.165) is 16.9 Å². The summed E-state index contributed by atoms with van der Waals surface area (Å²) in [6.07, 6.45) is 1.56. The zero-order valence-electron chi connectivity index (χ0n) is 19.2. The predicted molar refractivity (Wildman–Crippen MR) is 130 cm³/mol. The van der Waals surface area contributed by atoms with Gasteiger partial charge in [0.2, 0.25) is 10.0 Å². The molecule has 3 rings (SSSR count). The number of aromatic nitrogens is 2. The van der Waals surface area contributed by atoms with Gasteiger partial charge in [-0.15, -0.1) is 0 Å². The Labute approximate surface area is 200 Å². The minimum atomic E-state index is -3.51. The molecular weight excluding hydrogens is 460 g/mol. The van der Waals surface area contributed by atoms with Gasteiger partial charge >= 0.3 is 0 Å². The van der Waals surface area contributed by atoms with E-state index in [4.69, 9.17) is 11.6 Å². The molecule has 1 heterocycles. The molecule has 0 atom stereocenters. The topological polar surface area (TPSA) is 84.3 Å². The molecule has 0 aliphatic heterocycles. The second-order valence-electron chi connectivity index (χ2n) is 7.91. The Kier molecular flexibility index (Phi) is 7.94. The minimum Gasteiger partial charge on any atom is -0.348 e. The highest BCUT2D eigenvalue weighted by Crippen LogP contribution is 2.24. The van der Waals surface area contributed by atoms with Crippen molar-refractivity contribution < 1.29 is 13.2 Å². The molecule has 1 aromatic heterocycles. The molecule has 176 valence electrons. The summed E-state index contributed by atoms with van der Waals surface area (Å²) < 4.78 is 28.4. The molecule has 0 aliphatic rings. The standard InChI is InChI=1S/C24H29ClN4O3S/c1-5-28(6-2)33(31,32)21-12-10-18(11-13-21)15-26-24(30)22-16-27-29(23(22)17(3)4)20-9-7-8-19(25)14-20/h7-14,16-17H,5-6,15H2,1-4H3,(H,26,30). The van der Waals surface area contributed by atoms with Crippen LogP contribution in [-0.4, -0.2) is 41.5 Å². The molecule has 0 radical (unpaired) electrons. The minimum absolute atomic E-state index is 0.0526. The molecule has 3 aromatic rings. The first kappa shape index (κ1) is 25.0. The monoisotopic (exact) mass is 488 g/mol.